The fraction of sp³-hybridized carbons (Fsp3) is 0.536. The van der Waals surface area contributed by atoms with Gasteiger partial charge >= 0.3 is 6.18 Å². The molecule has 40 heavy (non-hydrogen) atoms. The number of ether oxygens (including phenoxy) is 1. The number of aryl methyl sites for hydroxylation is 1. The van der Waals surface area contributed by atoms with Crippen LogP contribution in [-0.2, 0) is 11.2 Å². The molecular weight excluding hydrogens is 523 g/mol. The summed E-state index contributed by atoms with van der Waals surface area (Å²) in [4.78, 5) is 19.7. The predicted octanol–water partition coefficient (Wildman–Crippen LogP) is 3.50. The summed E-state index contributed by atoms with van der Waals surface area (Å²) in [5.74, 6) is 0.427. The Morgan fingerprint density at radius 1 is 1.15 bits per heavy atom. The third kappa shape index (κ3) is 10.9. The summed E-state index contributed by atoms with van der Waals surface area (Å²) < 4.78 is 42.4. The van der Waals surface area contributed by atoms with E-state index in [-0.39, 0.29) is 11.9 Å². The molecule has 1 aliphatic heterocycles. The number of benzene rings is 1. The number of halogens is 3. The summed E-state index contributed by atoms with van der Waals surface area (Å²) in [6.45, 7) is 7.69. The number of methoxy groups -OCH3 is 1. The maximum Gasteiger partial charge on any atom is 0.409 e. The molecule has 4 N–H and O–H groups in total. The molecule has 1 amide bonds. The van der Waals surface area contributed by atoms with Gasteiger partial charge in [0.25, 0.3) is 0 Å². The van der Waals surface area contributed by atoms with Gasteiger partial charge in [-0.2, -0.15) is 18.3 Å². The van der Waals surface area contributed by atoms with Crippen LogP contribution < -0.4 is 16.2 Å². The summed E-state index contributed by atoms with van der Waals surface area (Å²) in [6.07, 6.45) is 0.994. The zero-order chi connectivity index (χ0) is 29.7. The number of nitrogens with two attached hydrogens (primary N) is 2. The van der Waals surface area contributed by atoms with Crippen LogP contribution in [0.5, 0.6) is 5.75 Å². The molecule has 0 spiro atoms. The van der Waals surface area contributed by atoms with E-state index in [1.54, 1.807) is 7.11 Å². The van der Waals surface area contributed by atoms with Gasteiger partial charge in [0.05, 0.1) is 19.2 Å². The Hall–Kier alpha value is -3.54. The summed E-state index contributed by atoms with van der Waals surface area (Å²) in [7, 11) is 3.55. The van der Waals surface area contributed by atoms with E-state index in [9.17, 15) is 18.0 Å². The first-order valence-electron chi connectivity index (χ1n) is 13.4. The molecule has 0 aliphatic carbocycles. The zero-order valence-corrected chi connectivity index (χ0v) is 23.9. The molecular formula is C28H42F3N7O2. The van der Waals surface area contributed by atoms with E-state index in [2.05, 4.69) is 22.9 Å². The second kappa shape index (κ2) is 15.9. The van der Waals surface area contributed by atoms with Crippen molar-refractivity contribution in [3.8, 4) is 5.75 Å². The monoisotopic (exact) mass is 565 g/mol. The molecule has 1 fully saturated rings. The molecule has 2 rings (SSSR count). The molecule has 1 aliphatic rings. The maximum absolute atomic E-state index is 12.3. The van der Waals surface area contributed by atoms with Gasteiger partial charge in [-0.1, -0.05) is 13.3 Å². The molecule has 222 valence electrons. The molecule has 12 heteroatoms. The lowest BCUT2D eigenvalue weighted by molar-refractivity contribution is -0.128. The van der Waals surface area contributed by atoms with Crippen molar-refractivity contribution in [3.05, 3.63) is 52.9 Å². The highest BCUT2D eigenvalue weighted by Crippen LogP contribution is 2.22. The first kappa shape index (κ1) is 32.7. The van der Waals surface area contributed by atoms with Gasteiger partial charge in [0, 0.05) is 63.1 Å². The second-order valence-electron chi connectivity index (χ2n) is 9.64. The van der Waals surface area contributed by atoms with Crippen LogP contribution in [0.25, 0.3) is 0 Å². The van der Waals surface area contributed by atoms with Crippen LogP contribution in [0.15, 0.2) is 51.8 Å². The number of allylic oxidation sites excluding steroid dienone is 2. The van der Waals surface area contributed by atoms with Gasteiger partial charge < -0.3 is 21.1 Å². The average Bonchev–Trinajstić information content (AvgIpc) is 2.93. The average molecular weight is 566 g/mol. The molecule has 0 radical (unpaired) electrons. The van der Waals surface area contributed by atoms with Crippen molar-refractivity contribution in [2.24, 2.45) is 21.6 Å². The molecule has 9 nitrogen and oxygen atoms in total. The van der Waals surface area contributed by atoms with Crippen molar-refractivity contribution in [2.45, 2.75) is 45.7 Å². The number of nitrogens with zero attached hydrogens (tertiary/aromatic N) is 5. The highest BCUT2D eigenvalue weighted by atomic mass is 19.4. The number of hydrogen-bond donors (Lipinski definition) is 2. The fourth-order valence-electron chi connectivity index (χ4n) is 4.30. The van der Waals surface area contributed by atoms with E-state index in [0.717, 1.165) is 62.0 Å². The van der Waals surface area contributed by atoms with Gasteiger partial charge in [0.2, 0.25) is 5.91 Å². The summed E-state index contributed by atoms with van der Waals surface area (Å²) >= 11 is 0. The lowest BCUT2D eigenvalue weighted by atomic mass is 10.00. The molecule has 0 bridgehead atoms. The van der Waals surface area contributed by atoms with Crippen molar-refractivity contribution >= 4 is 18.0 Å². The largest absolute Gasteiger partial charge is 0.497 e. The fourth-order valence-corrected chi connectivity index (χ4v) is 4.30. The first-order chi connectivity index (χ1) is 19.0. The number of aliphatic imine (C=N–C) groups is 1. The van der Waals surface area contributed by atoms with Gasteiger partial charge in [-0.05, 0) is 56.5 Å². The Morgan fingerprint density at radius 2 is 1.85 bits per heavy atom. The van der Waals surface area contributed by atoms with Crippen LogP contribution in [0.1, 0.15) is 44.2 Å². The van der Waals surface area contributed by atoms with Gasteiger partial charge in [-0.3, -0.25) is 14.7 Å². The number of hydrazone groups is 1. The molecule has 1 heterocycles. The van der Waals surface area contributed by atoms with Gasteiger partial charge in [-0.25, -0.2) is 4.99 Å². The minimum Gasteiger partial charge on any atom is -0.497 e. The van der Waals surface area contributed by atoms with E-state index in [0.29, 0.717) is 43.5 Å². The van der Waals surface area contributed by atoms with Crippen LogP contribution >= 0.6 is 0 Å². The van der Waals surface area contributed by atoms with Crippen LogP contribution in [0, 0.1) is 0 Å². The van der Waals surface area contributed by atoms with Crippen molar-refractivity contribution in [1.82, 2.24) is 14.8 Å². The SMILES string of the molecule is CCc1cc(OC)cc(C(=N/N(C)CCCCCN2CCN(C(=O)/C=C/C(F)(F)F)CC2)/C(C)=C(N)/N=C\N)c1. The normalized spacial score (nSPS) is 16.1. The first-order valence-corrected chi connectivity index (χ1v) is 13.4. The summed E-state index contributed by atoms with van der Waals surface area (Å²) in [5, 5.41) is 6.75. The highest BCUT2D eigenvalue weighted by molar-refractivity contribution is 6.12. The summed E-state index contributed by atoms with van der Waals surface area (Å²) in [6, 6.07) is 5.99. The zero-order valence-electron chi connectivity index (χ0n) is 23.9. The van der Waals surface area contributed by atoms with E-state index in [4.69, 9.17) is 21.3 Å². The second-order valence-corrected chi connectivity index (χ2v) is 9.64. The molecule has 1 saturated heterocycles. The lowest BCUT2D eigenvalue weighted by Gasteiger charge is -2.34. The molecule has 1 aromatic carbocycles. The minimum absolute atomic E-state index is 0.00843. The molecule has 0 atom stereocenters. The molecule has 0 saturated carbocycles. The van der Waals surface area contributed by atoms with Crippen LogP contribution in [0.4, 0.5) is 13.2 Å². The smallest absolute Gasteiger partial charge is 0.409 e. The highest BCUT2D eigenvalue weighted by Gasteiger charge is 2.25. The maximum atomic E-state index is 12.3. The third-order valence-corrected chi connectivity index (χ3v) is 6.66. The van der Waals surface area contributed by atoms with Crippen LogP contribution in [-0.4, -0.2) is 92.4 Å². The topological polar surface area (TPSA) is 113 Å². The number of carbonyl (C=O) groups excluding carboxylic acids is 1. The Kier molecular flexibility index (Phi) is 13.0. The van der Waals surface area contributed by atoms with Crippen molar-refractivity contribution in [1.29, 1.82) is 0 Å². The minimum atomic E-state index is -4.48. The number of piperazine rings is 1. The summed E-state index contributed by atoms with van der Waals surface area (Å²) in [5.41, 5.74) is 15.0. The Morgan fingerprint density at radius 3 is 2.45 bits per heavy atom. The van der Waals surface area contributed by atoms with Gasteiger partial charge in [0.1, 0.15) is 11.6 Å². The third-order valence-electron chi connectivity index (χ3n) is 6.66. The number of rotatable bonds is 13. The van der Waals surface area contributed by atoms with Crippen molar-refractivity contribution in [3.63, 3.8) is 0 Å². The van der Waals surface area contributed by atoms with Crippen LogP contribution in [0.2, 0.25) is 0 Å². The van der Waals surface area contributed by atoms with E-state index in [1.165, 1.54) is 4.90 Å². The van der Waals surface area contributed by atoms with Gasteiger partial charge in [0.15, 0.2) is 0 Å². The Labute approximate surface area is 235 Å². The Balaban J connectivity index is 1.91. The van der Waals surface area contributed by atoms with Gasteiger partial charge in [-0.15, -0.1) is 0 Å². The van der Waals surface area contributed by atoms with Crippen molar-refractivity contribution in [2.75, 3.05) is 53.4 Å². The van der Waals surface area contributed by atoms with E-state index >= 15 is 0 Å². The quantitative estimate of drug-likeness (QED) is 0.125. The number of amides is 1. The van der Waals surface area contributed by atoms with E-state index in [1.807, 2.05) is 31.1 Å². The Bertz CT molecular complexity index is 1070. The molecule has 1 aromatic rings. The molecule has 0 unspecified atom stereocenters. The van der Waals surface area contributed by atoms with E-state index < -0.39 is 12.1 Å². The lowest BCUT2D eigenvalue weighted by Crippen LogP contribution is -2.48. The number of carbonyl (C=O) groups is 1. The van der Waals surface area contributed by atoms with Crippen LogP contribution in [0.3, 0.4) is 0 Å². The predicted molar refractivity (Wildman–Crippen MR) is 153 cm³/mol. The molecule has 0 aromatic heterocycles. The number of unbranched alkanes of at least 4 members (excludes halogenated alkanes) is 2. The van der Waals surface area contributed by atoms with Crippen molar-refractivity contribution < 1.29 is 22.7 Å². The number of alkyl halides is 3. The number of hydrogen-bond acceptors (Lipinski definition) is 7. The standard InChI is InChI=1S/C28H42F3N7O2/c1-5-22-17-23(19-24(18-22)40-4)26(21(2)27(33)34-20-32)35-36(3)11-7-6-8-12-37-13-15-38(16-14-37)25(39)9-10-28(29,30)31/h9-10,17-20H,5-8,11-16,33H2,1-4H3,(H2,32,34)/b10-9+,27-21+,35-26+.